The maximum atomic E-state index is 12.5. The van der Waals surface area contributed by atoms with Gasteiger partial charge in [-0.3, -0.25) is 4.79 Å². The van der Waals surface area contributed by atoms with Gasteiger partial charge in [-0.25, -0.2) is 0 Å². The molecule has 1 atom stereocenters. The summed E-state index contributed by atoms with van der Waals surface area (Å²) in [5, 5.41) is 4.16. The summed E-state index contributed by atoms with van der Waals surface area (Å²) in [6, 6.07) is 11.0. The standard InChI is InChI=1S/C21H23Cl2NO3/c1-21(2)12-18(15-7-6-14(26-3)11-19(15)27-21)24-20(25)9-5-13-4-8-16(22)17(23)10-13/h4,6-8,10-11,18H,5,9,12H2,1-3H3,(H,24,25). The van der Waals surface area contributed by atoms with E-state index in [1.165, 1.54) is 0 Å². The van der Waals surface area contributed by atoms with E-state index in [1.807, 2.05) is 38.1 Å². The molecule has 0 spiro atoms. The van der Waals surface area contributed by atoms with E-state index >= 15 is 0 Å². The Morgan fingerprint density at radius 3 is 2.70 bits per heavy atom. The molecule has 1 N–H and O–H groups in total. The van der Waals surface area contributed by atoms with Gasteiger partial charge in [-0.05, 0) is 50.1 Å². The fraction of sp³-hybridized carbons (Fsp3) is 0.381. The van der Waals surface area contributed by atoms with Crippen molar-refractivity contribution in [2.45, 2.75) is 44.8 Å². The number of benzene rings is 2. The number of carbonyl (C=O) groups excluding carboxylic acids is 1. The van der Waals surface area contributed by atoms with E-state index < -0.39 is 0 Å². The van der Waals surface area contributed by atoms with Crippen LogP contribution in [0.2, 0.25) is 10.0 Å². The van der Waals surface area contributed by atoms with Gasteiger partial charge in [-0.1, -0.05) is 29.3 Å². The molecule has 2 aromatic carbocycles. The Bertz CT molecular complexity index is 851. The molecule has 1 heterocycles. The van der Waals surface area contributed by atoms with Crippen molar-refractivity contribution >= 4 is 29.1 Å². The zero-order valence-electron chi connectivity index (χ0n) is 15.6. The molecule has 2 aromatic rings. The first-order chi connectivity index (χ1) is 12.8. The molecule has 0 bridgehead atoms. The Morgan fingerprint density at radius 2 is 2.00 bits per heavy atom. The van der Waals surface area contributed by atoms with Crippen molar-refractivity contribution in [2.75, 3.05) is 7.11 Å². The summed E-state index contributed by atoms with van der Waals surface area (Å²) in [4.78, 5) is 12.5. The molecule has 1 unspecified atom stereocenters. The van der Waals surface area contributed by atoms with Crippen LogP contribution in [-0.2, 0) is 11.2 Å². The van der Waals surface area contributed by atoms with E-state index in [0.29, 0.717) is 29.3 Å². The minimum Gasteiger partial charge on any atom is -0.497 e. The minimum atomic E-state index is -0.374. The van der Waals surface area contributed by atoms with Crippen LogP contribution in [0, 0.1) is 0 Å². The number of ether oxygens (including phenoxy) is 2. The summed E-state index contributed by atoms with van der Waals surface area (Å²) in [5.74, 6) is 1.47. The number of fused-ring (bicyclic) bond motifs is 1. The minimum absolute atomic E-state index is 0.00876. The second-order valence-electron chi connectivity index (χ2n) is 7.34. The third kappa shape index (κ3) is 4.88. The lowest BCUT2D eigenvalue weighted by molar-refractivity contribution is -0.122. The second-order valence-corrected chi connectivity index (χ2v) is 8.15. The molecule has 0 radical (unpaired) electrons. The van der Waals surface area contributed by atoms with Crippen molar-refractivity contribution < 1.29 is 14.3 Å². The number of methoxy groups -OCH3 is 1. The van der Waals surface area contributed by atoms with Crippen LogP contribution in [0.5, 0.6) is 11.5 Å². The third-order valence-corrected chi connectivity index (χ3v) is 5.38. The third-order valence-electron chi connectivity index (χ3n) is 4.64. The molecule has 1 amide bonds. The predicted octanol–water partition coefficient (Wildman–Crippen LogP) is 5.35. The summed E-state index contributed by atoms with van der Waals surface area (Å²) < 4.78 is 11.4. The number of rotatable bonds is 5. The SMILES string of the molecule is COc1ccc2c(c1)OC(C)(C)CC2NC(=O)CCc1ccc(Cl)c(Cl)c1. The number of aryl methyl sites for hydroxylation is 1. The van der Waals surface area contributed by atoms with Crippen LogP contribution >= 0.6 is 23.2 Å². The largest absolute Gasteiger partial charge is 0.497 e. The highest BCUT2D eigenvalue weighted by atomic mass is 35.5. The van der Waals surface area contributed by atoms with Gasteiger partial charge < -0.3 is 14.8 Å². The first kappa shape index (κ1) is 19.8. The smallest absolute Gasteiger partial charge is 0.220 e. The van der Waals surface area contributed by atoms with Crippen LogP contribution in [0.4, 0.5) is 0 Å². The zero-order valence-corrected chi connectivity index (χ0v) is 17.2. The molecule has 0 saturated heterocycles. The lowest BCUT2D eigenvalue weighted by atomic mass is 9.89. The first-order valence-corrected chi connectivity index (χ1v) is 9.63. The average molecular weight is 408 g/mol. The fourth-order valence-corrected chi connectivity index (χ4v) is 3.63. The van der Waals surface area contributed by atoms with Gasteiger partial charge in [0.25, 0.3) is 0 Å². The molecular formula is C21H23Cl2NO3. The maximum Gasteiger partial charge on any atom is 0.220 e. The molecule has 6 heteroatoms. The summed E-state index contributed by atoms with van der Waals surface area (Å²) >= 11 is 12.0. The Balaban J connectivity index is 1.69. The van der Waals surface area contributed by atoms with Gasteiger partial charge in [-0.15, -0.1) is 0 Å². The number of hydrogen-bond donors (Lipinski definition) is 1. The summed E-state index contributed by atoms with van der Waals surface area (Å²) in [6.07, 6.45) is 1.68. The van der Waals surface area contributed by atoms with Gasteiger partial charge in [-0.2, -0.15) is 0 Å². The summed E-state index contributed by atoms with van der Waals surface area (Å²) in [7, 11) is 1.62. The Labute approximate surface area is 169 Å². The number of hydrogen-bond acceptors (Lipinski definition) is 3. The number of amides is 1. The highest BCUT2D eigenvalue weighted by molar-refractivity contribution is 6.42. The highest BCUT2D eigenvalue weighted by Gasteiger charge is 2.34. The fourth-order valence-electron chi connectivity index (χ4n) is 3.31. The molecule has 1 aliphatic heterocycles. The number of carbonyl (C=O) groups is 1. The number of nitrogens with one attached hydrogen (secondary N) is 1. The van der Waals surface area contributed by atoms with Crippen LogP contribution in [0.15, 0.2) is 36.4 Å². The molecule has 0 aliphatic carbocycles. The van der Waals surface area contributed by atoms with Gasteiger partial charge in [0, 0.05) is 24.5 Å². The molecular weight excluding hydrogens is 385 g/mol. The van der Waals surface area contributed by atoms with Crippen LogP contribution < -0.4 is 14.8 Å². The van der Waals surface area contributed by atoms with E-state index in [0.717, 1.165) is 22.6 Å². The molecule has 27 heavy (non-hydrogen) atoms. The topological polar surface area (TPSA) is 47.6 Å². The van der Waals surface area contributed by atoms with Gasteiger partial charge >= 0.3 is 0 Å². The van der Waals surface area contributed by atoms with E-state index in [-0.39, 0.29) is 17.6 Å². The molecule has 3 rings (SSSR count). The average Bonchev–Trinajstić information content (AvgIpc) is 2.61. The molecule has 1 aliphatic rings. The predicted molar refractivity (Wildman–Crippen MR) is 108 cm³/mol. The summed E-state index contributed by atoms with van der Waals surface area (Å²) in [6.45, 7) is 4.04. The van der Waals surface area contributed by atoms with E-state index in [1.54, 1.807) is 19.2 Å². The quantitative estimate of drug-likeness (QED) is 0.725. The Kier molecular flexibility index (Phi) is 5.87. The zero-order chi connectivity index (χ0) is 19.6. The van der Waals surface area contributed by atoms with Crippen LogP contribution in [0.3, 0.4) is 0 Å². The Hall–Kier alpha value is -1.91. The molecule has 0 aromatic heterocycles. The van der Waals surface area contributed by atoms with Crippen molar-refractivity contribution in [1.82, 2.24) is 5.32 Å². The van der Waals surface area contributed by atoms with E-state index in [2.05, 4.69) is 5.32 Å². The molecule has 0 fully saturated rings. The van der Waals surface area contributed by atoms with E-state index in [4.69, 9.17) is 32.7 Å². The normalized spacial score (nSPS) is 17.6. The van der Waals surface area contributed by atoms with E-state index in [9.17, 15) is 4.79 Å². The molecule has 144 valence electrons. The number of halogens is 2. The van der Waals surface area contributed by atoms with Gasteiger partial charge in [0.1, 0.15) is 17.1 Å². The molecule has 0 saturated carbocycles. The van der Waals surface area contributed by atoms with Crippen LogP contribution in [0.1, 0.15) is 43.9 Å². The van der Waals surface area contributed by atoms with Gasteiger partial charge in [0.2, 0.25) is 5.91 Å². The maximum absolute atomic E-state index is 12.5. The van der Waals surface area contributed by atoms with Crippen molar-refractivity contribution in [3.05, 3.63) is 57.6 Å². The van der Waals surface area contributed by atoms with Crippen molar-refractivity contribution in [3.8, 4) is 11.5 Å². The lowest BCUT2D eigenvalue weighted by Crippen LogP contribution is -2.41. The van der Waals surface area contributed by atoms with Crippen LogP contribution in [0.25, 0.3) is 0 Å². The monoisotopic (exact) mass is 407 g/mol. The lowest BCUT2D eigenvalue weighted by Gasteiger charge is -2.38. The first-order valence-electron chi connectivity index (χ1n) is 8.88. The van der Waals surface area contributed by atoms with Crippen LogP contribution in [-0.4, -0.2) is 18.6 Å². The van der Waals surface area contributed by atoms with Crippen molar-refractivity contribution in [2.24, 2.45) is 0 Å². The highest BCUT2D eigenvalue weighted by Crippen LogP contribution is 2.41. The van der Waals surface area contributed by atoms with Gasteiger partial charge in [0.15, 0.2) is 0 Å². The molecule has 4 nitrogen and oxygen atoms in total. The van der Waals surface area contributed by atoms with Gasteiger partial charge in [0.05, 0.1) is 23.2 Å². The van der Waals surface area contributed by atoms with Crippen molar-refractivity contribution in [1.29, 1.82) is 0 Å². The van der Waals surface area contributed by atoms with Crippen molar-refractivity contribution in [3.63, 3.8) is 0 Å². The Morgan fingerprint density at radius 1 is 1.22 bits per heavy atom. The summed E-state index contributed by atoms with van der Waals surface area (Å²) in [5.41, 5.74) is 1.58. The second kappa shape index (κ2) is 7.99.